The summed E-state index contributed by atoms with van der Waals surface area (Å²) in [7, 11) is 1.60. The fourth-order valence-corrected chi connectivity index (χ4v) is 1.85. The molecule has 0 fully saturated rings. The highest BCUT2D eigenvalue weighted by Crippen LogP contribution is 2.11. The number of carbonyl (C=O) groups is 1. The van der Waals surface area contributed by atoms with Gasteiger partial charge in [0, 0.05) is 18.8 Å². The van der Waals surface area contributed by atoms with E-state index >= 15 is 0 Å². The van der Waals surface area contributed by atoms with Crippen molar-refractivity contribution >= 4 is 5.91 Å². The van der Waals surface area contributed by atoms with Crippen molar-refractivity contribution in [2.45, 2.75) is 13.0 Å². The Morgan fingerprint density at radius 1 is 1.29 bits per heavy atom. The minimum Gasteiger partial charge on any atom is -0.497 e. The molecule has 1 aromatic carbocycles. The standard InChI is InChI=1S/C15H17N3O3/c1-21-13-6-4-12(5-7-13)11-14(19)16-9-10-18-15(20)3-2-8-17-18/h2-8H,9-11H2,1H3,(H,16,19). The first-order chi connectivity index (χ1) is 10.2. The van der Waals surface area contributed by atoms with Crippen LogP contribution in [-0.4, -0.2) is 29.3 Å². The molecule has 2 aromatic rings. The number of nitrogens with zero attached hydrogens (tertiary/aromatic N) is 2. The molecule has 0 aliphatic carbocycles. The summed E-state index contributed by atoms with van der Waals surface area (Å²) in [5, 5.41) is 6.68. The summed E-state index contributed by atoms with van der Waals surface area (Å²) >= 11 is 0. The van der Waals surface area contributed by atoms with E-state index in [2.05, 4.69) is 10.4 Å². The van der Waals surface area contributed by atoms with Crippen molar-refractivity contribution in [2.75, 3.05) is 13.7 Å². The van der Waals surface area contributed by atoms with Crippen LogP contribution in [0.3, 0.4) is 0 Å². The molecule has 6 heteroatoms. The van der Waals surface area contributed by atoms with Gasteiger partial charge >= 0.3 is 0 Å². The Labute approximate surface area is 122 Å². The van der Waals surface area contributed by atoms with Crippen LogP contribution in [0, 0.1) is 0 Å². The van der Waals surface area contributed by atoms with Crippen molar-refractivity contribution in [1.29, 1.82) is 0 Å². The average Bonchev–Trinajstić information content (AvgIpc) is 2.50. The van der Waals surface area contributed by atoms with E-state index in [1.165, 1.54) is 10.7 Å². The predicted octanol–water partition coefficient (Wildman–Crippen LogP) is 0.611. The molecule has 21 heavy (non-hydrogen) atoms. The maximum Gasteiger partial charge on any atom is 0.266 e. The van der Waals surface area contributed by atoms with E-state index in [-0.39, 0.29) is 11.5 Å². The zero-order valence-corrected chi connectivity index (χ0v) is 11.8. The third kappa shape index (κ3) is 4.45. The van der Waals surface area contributed by atoms with Crippen molar-refractivity contribution in [2.24, 2.45) is 0 Å². The Bertz CT molecular complexity index is 650. The van der Waals surface area contributed by atoms with E-state index in [9.17, 15) is 9.59 Å². The molecule has 0 saturated heterocycles. The highest BCUT2D eigenvalue weighted by molar-refractivity contribution is 5.78. The van der Waals surface area contributed by atoms with Crippen LogP contribution in [0.25, 0.3) is 0 Å². The highest BCUT2D eigenvalue weighted by Gasteiger charge is 2.04. The lowest BCUT2D eigenvalue weighted by molar-refractivity contribution is -0.120. The van der Waals surface area contributed by atoms with E-state index in [4.69, 9.17) is 4.74 Å². The molecule has 1 aromatic heterocycles. The number of rotatable bonds is 6. The number of nitrogens with one attached hydrogen (secondary N) is 1. The summed E-state index contributed by atoms with van der Waals surface area (Å²) in [6, 6.07) is 10.3. The Morgan fingerprint density at radius 3 is 2.71 bits per heavy atom. The molecule has 1 N–H and O–H groups in total. The Balaban J connectivity index is 1.79. The smallest absolute Gasteiger partial charge is 0.266 e. The molecule has 0 atom stereocenters. The van der Waals surface area contributed by atoms with Gasteiger partial charge in [0.05, 0.1) is 20.1 Å². The molecule has 0 bridgehead atoms. The first kappa shape index (κ1) is 14.8. The average molecular weight is 287 g/mol. The second-order valence-corrected chi connectivity index (χ2v) is 4.46. The van der Waals surface area contributed by atoms with Crippen LogP contribution >= 0.6 is 0 Å². The molecule has 1 heterocycles. The quantitative estimate of drug-likeness (QED) is 0.845. The van der Waals surface area contributed by atoms with Gasteiger partial charge in [-0.1, -0.05) is 12.1 Å². The summed E-state index contributed by atoms with van der Waals surface area (Å²) in [5.74, 6) is 0.665. The van der Waals surface area contributed by atoms with Crippen molar-refractivity contribution in [1.82, 2.24) is 15.1 Å². The van der Waals surface area contributed by atoms with Crippen molar-refractivity contribution in [3.8, 4) is 5.75 Å². The summed E-state index contributed by atoms with van der Waals surface area (Å²) in [6.45, 7) is 0.722. The lowest BCUT2D eigenvalue weighted by Gasteiger charge is -2.07. The van der Waals surface area contributed by atoms with Crippen LogP contribution in [-0.2, 0) is 17.8 Å². The molecule has 1 amide bonds. The lowest BCUT2D eigenvalue weighted by atomic mass is 10.1. The Hall–Kier alpha value is -2.63. The minimum absolute atomic E-state index is 0.0934. The first-order valence-corrected chi connectivity index (χ1v) is 6.61. The fraction of sp³-hybridized carbons (Fsp3) is 0.267. The summed E-state index contributed by atoms with van der Waals surface area (Å²) in [6.07, 6.45) is 1.84. The van der Waals surface area contributed by atoms with Crippen molar-refractivity contribution < 1.29 is 9.53 Å². The molecule has 0 spiro atoms. The second kappa shape index (κ2) is 7.23. The molecule has 0 saturated carbocycles. The van der Waals surface area contributed by atoms with Crippen molar-refractivity contribution in [3.05, 3.63) is 58.5 Å². The van der Waals surface area contributed by atoms with Gasteiger partial charge in [-0.3, -0.25) is 9.59 Å². The lowest BCUT2D eigenvalue weighted by Crippen LogP contribution is -2.32. The van der Waals surface area contributed by atoms with Gasteiger partial charge in [-0.2, -0.15) is 5.10 Å². The van der Waals surface area contributed by atoms with Gasteiger partial charge in [-0.05, 0) is 23.8 Å². The third-order valence-electron chi connectivity index (χ3n) is 2.95. The molecule has 0 aliphatic rings. The van der Waals surface area contributed by atoms with E-state index in [0.717, 1.165) is 11.3 Å². The predicted molar refractivity (Wildman–Crippen MR) is 78.2 cm³/mol. The van der Waals surface area contributed by atoms with Gasteiger partial charge in [0.1, 0.15) is 5.75 Å². The van der Waals surface area contributed by atoms with Gasteiger partial charge in [-0.15, -0.1) is 0 Å². The van der Waals surface area contributed by atoms with Gasteiger partial charge in [0.15, 0.2) is 0 Å². The Morgan fingerprint density at radius 2 is 2.05 bits per heavy atom. The van der Waals surface area contributed by atoms with Gasteiger partial charge in [0.2, 0.25) is 5.91 Å². The maximum atomic E-state index is 11.8. The highest BCUT2D eigenvalue weighted by atomic mass is 16.5. The molecule has 0 aliphatic heterocycles. The third-order valence-corrected chi connectivity index (χ3v) is 2.95. The van der Waals surface area contributed by atoms with Gasteiger partial charge in [-0.25, -0.2) is 4.68 Å². The number of carbonyl (C=O) groups excluding carboxylic acids is 1. The molecule has 0 unspecified atom stereocenters. The SMILES string of the molecule is COc1ccc(CC(=O)NCCn2ncccc2=O)cc1. The van der Waals surface area contributed by atoms with E-state index in [0.29, 0.717) is 19.5 Å². The van der Waals surface area contributed by atoms with Gasteiger partial charge < -0.3 is 10.1 Å². The molecule has 2 rings (SSSR count). The normalized spacial score (nSPS) is 10.1. The van der Waals surface area contributed by atoms with Crippen LogP contribution < -0.4 is 15.6 Å². The molecular formula is C15H17N3O3. The topological polar surface area (TPSA) is 73.2 Å². The zero-order chi connectivity index (χ0) is 15.1. The minimum atomic E-state index is -0.179. The first-order valence-electron chi connectivity index (χ1n) is 6.61. The van der Waals surface area contributed by atoms with Crippen LogP contribution in [0.5, 0.6) is 5.75 Å². The zero-order valence-electron chi connectivity index (χ0n) is 11.8. The number of amides is 1. The number of hydrogen-bond donors (Lipinski definition) is 1. The fourth-order valence-electron chi connectivity index (χ4n) is 1.85. The Kier molecular flexibility index (Phi) is 5.09. The number of aromatic nitrogens is 2. The van der Waals surface area contributed by atoms with Crippen LogP contribution in [0.1, 0.15) is 5.56 Å². The van der Waals surface area contributed by atoms with E-state index in [1.54, 1.807) is 19.4 Å². The number of ether oxygens (including phenoxy) is 1. The van der Waals surface area contributed by atoms with Crippen LogP contribution in [0.2, 0.25) is 0 Å². The molecular weight excluding hydrogens is 270 g/mol. The largest absolute Gasteiger partial charge is 0.497 e. The number of methoxy groups -OCH3 is 1. The molecule has 6 nitrogen and oxygen atoms in total. The van der Waals surface area contributed by atoms with Crippen molar-refractivity contribution in [3.63, 3.8) is 0 Å². The van der Waals surface area contributed by atoms with E-state index < -0.39 is 0 Å². The summed E-state index contributed by atoms with van der Waals surface area (Å²) in [5.41, 5.74) is 0.727. The monoisotopic (exact) mass is 287 g/mol. The second-order valence-electron chi connectivity index (χ2n) is 4.46. The van der Waals surface area contributed by atoms with Crippen LogP contribution in [0.15, 0.2) is 47.4 Å². The van der Waals surface area contributed by atoms with Crippen LogP contribution in [0.4, 0.5) is 0 Å². The summed E-state index contributed by atoms with van der Waals surface area (Å²) < 4.78 is 6.37. The number of benzene rings is 1. The number of hydrogen-bond acceptors (Lipinski definition) is 4. The maximum absolute atomic E-state index is 11.8. The molecule has 110 valence electrons. The summed E-state index contributed by atoms with van der Waals surface area (Å²) in [4.78, 5) is 23.2. The van der Waals surface area contributed by atoms with Gasteiger partial charge in [0.25, 0.3) is 5.56 Å². The van der Waals surface area contributed by atoms with E-state index in [1.807, 2.05) is 24.3 Å². The molecule has 0 radical (unpaired) electrons.